The molecule has 4 rings (SSSR count). The summed E-state index contributed by atoms with van der Waals surface area (Å²) in [7, 11) is 7.60. The molecule has 4 aromatic rings. The fourth-order valence-electron chi connectivity index (χ4n) is 3.75. The smallest absolute Gasteiger partial charge is 0.247 e. The van der Waals surface area contributed by atoms with Crippen LogP contribution in [0.1, 0.15) is 0 Å². The fraction of sp³-hybridized carbons (Fsp3) is 0.231. The average Bonchev–Trinajstić information content (AvgIpc) is 3.36. The van der Waals surface area contributed by atoms with E-state index in [-0.39, 0.29) is 5.91 Å². The number of anilines is 4. The minimum atomic E-state index is -0.309. The molecule has 3 aromatic heterocycles. The maximum absolute atomic E-state index is 12.2. The van der Waals surface area contributed by atoms with Crippen molar-refractivity contribution in [2.45, 2.75) is 0 Å². The van der Waals surface area contributed by atoms with E-state index in [9.17, 15) is 4.79 Å². The average molecular weight is 487 g/mol. The molecule has 186 valence electrons. The topological polar surface area (TPSA) is 111 Å². The Hall–Kier alpha value is -4.44. The highest BCUT2D eigenvalue weighted by atomic mass is 16.5. The number of benzene rings is 1. The quantitative estimate of drug-likeness (QED) is 0.290. The molecule has 0 aliphatic carbocycles. The fourth-order valence-corrected chi connectivity index (χ4v) is 3.75. The van der Waals surface area contributed by atoms with Crippen molar-refractivity contribution in [3.05, 3.63) is 61.6 Å². The number of methoxy groups -OCH3 is 1. The van der Waals surface area contributed by atoms with Gasteiger partial charge in [0.2, 0.25) is 11.9 Å². The van der Waals surface area contributed by atoms with Crippen molar-refractivity contribution in [3.8, 4) is 17.0 Å². The Morgan fingerprint density at radius 2 is 2.00 bits per heavy atom. The predicted molar refractivity (Wildman–Crippen MR) is 144 cm³/mol. The SMILES string of the molecule is C=CC(=O)Nc1cc(Nc2nc(-c3cccnc3)c3cc[nH]c3n2)c(OC)cc1N(C)CCN(C)C. The lowest BCUT2D eigenvalue weighted by molar-refractivity contribution is -0.111. The van der Waals surface area contributed by atoms with E-state index in [4.69, 9.17) is 9.72 Å². The monoisotopic (exact) mass is 486 g/mol. The first kappa shape index (κ1) is 24.7. The summed E-state index contributed by atoms with van der Waals surface area (Å²) in [4.78, 5) is 33.2. The van der Waals surface area contributed by atoms with Gasteiger partial charge in [0.05, 0.1) is 29.9 Å². The highest BCUT2D eigenvalue weighted by Gasteiger charge is 2.18. The van der Waals surface area contributed by atoms with E-state index < -0.39 is 0 Å². The van der Waals surface area contributed by atoms with E-state index in [2.05, 4.69) is 42.0 Å². The van der Waals surface area contributed by atoms with E-state index in [0.29, 0.717) is 28.7 Å². The summed E-state index contributed by atoms with van der Waals surface area (Å²) in [5.41, 5.74) is 4.33. The normalized spacial score (nSPS) is 10.9. The Balaban J connectivity index is 1.76. The van der Waals surface area contributed by atoms with Crippen molar-refractivity contribution < 1.29 is 9.53 Å². The molecule has 3 N–H and O–H groups in total. The largest absolute Gasteiger partial charge is 0.494 e. The van der Waals surface area contributed by atoms with Crippen molar-refractivity contribution in [2.24, 2.45) is 0 Å². The Bertz CT molecular complexity index is 1370. The van der Waals surface area contributed by atoms with E-state index >= 15 is 0 Å². The van der Waals surface area contributed by atoms with Crippen LogP contribution in [0, 0.1) is 0 Å². The lowest BCUT2D eigenvalue weighted by atomic mass is 10.1. The molecule has 36 heavy (non-hydrogen) atoms. The summed E-state index contributed by atoms with van der Waals surface area (Å²) >= 11 is 0. The number of nitrogens with zero attached hydrogens (tertiary/aromatic N) is 5. The third kappa shape index (κ3) is 5.44. The van der Waals surface area contributed by atoms with Gasteiger partial charge in [-0.15, -0.1) is 0 Å². The molecule has 3 heterocycles. The molecular weight excluding hydrogens is 456 g/mol. The highest BCUT2D eigenvalue weighted by molar-refractivity contribution is 6.02. The van der Waals surface area contributed by atoms with Gasteiger partial charge < -0.3 is 30.2 Å². The number of pyridine rings is 1. The number of nitrogens with one attached hydrogen (secondary N) is 3. The molecule has 0 radical (unpaired) electrons. The van der Waals surface area contributed by atoms with Gasteiger partial charge in [-0.05, 0) is 44.4 Å². The molecule has 0 unspecified atom stereocenters. The van der Waals surface area contributed by atoms with Gasteiger partial charge in [0.25, 0.3) is 0 Å². The number of amides is 1. The lowest BCUT2D eigenvalue weighted by Gasteiger charge is -2.26. The van der Waals surface area contributed by atoms with E-state index in [1.54, 1.807) is 19.5 Å². The summed E-state index contributed by atoms with van der Waals surface area (Å²) < 4.78 is 5.70. The van der Waals surface area contributed by atoms with Gasteiger partial charge in [-0.2, -0.15) is 4.98 Å². The zero-order chi connectivity index (χ0) is 25.7. The third-order valence-corrected chi connectivity index (χ3v) is 5.65. The van der Waals surface area contributed by atoms with Crippen molar-refractivity contribution in [1.29, 1.82) is 0 Å². The van der Waals surface area contributed by atoms with Crippen LogP contribution in [-0.4, -0.2) is 72.1 Å². The molecule has 0 bridgehead atoms. The zero-order valence-electron chi connectivity index (χ0n) is 20.9. The number of carbonyl (C=O) groups is 1. The standard InChI is InChI=1S/C26H30N8O2/c1-6-23(35)29-19-14-20(22(36-5)15-21(19)34(4)13-12-33(2)3)30-26-31-24(17-8-7-10-27-16-17)18-9-11-28-25(18)32-26/h6-11,14-16H,1,12-13H2,2-5H3,(H,29,35)(H2,28,30,31,32). The number of hydrogen-bond donors (Lipinski definition) is 3. The van der Waals surface area contributed by atoms with Gasteiger partial charge in [0, 0.05) is 55.7 Å². The van der Waals surface area contributed by atoms with Gasteiger partial charge in [-0.25, -0.2) is 4.98 Å². The molecule has 0 saturated carbocycles. The second-order valence-corrected chi connectivity index (χ2v) is 8.49. The predicted octanol–water partition coefficient (Wildman–Crippen LogP) is 3.89. The Labute approximate surface area is 210 Å². The zero-order valence-corrected chi connectivity index (χ0v) is 20.9. The van der Waals surface area contributed by atoms with Gasteiger partial charge in [0.1, 0.15) is 11.4 Å². The molecule has 0 aliphatic heterocycles. The van der Waals surface area contributed by atoms with Crippen molar-refractivity contribution in [3.63, 3.8) is 0 Å². The van der Waals surface area contributed by atoms with Gasteiger partial charge in [0.15, 0.2) is 0 Å². The number of hydrogen-bond acceptors (Lipinski definition) is 8. The maximum atomic E-state index is 12.2. The van der Waals surface area contributed by atoms with E-state index in [1.807, 2.05) is 57.7 Å². The summed E-state index contributed by atoms with van der Waals surface area (Å²) in [6.07, 6.45) is 6.55. The van der Waals surface area contributed by atoms with Gasteiger partial charge in [-0.1, -0.05) is 6.58 Å². The Morgan fingerprint density at radius 3 is 2.69 bits per heavy atom. The van der Waals surface area contributed by atoms with Gasteiger partial charge >= 0.3 is 0 Å². The lowest BCUT2D eigenvalue weighted by Crippen LogP contribution is -2.29. The molecule has 0 atom stereocenters. The molecule has 10 heteroatoms. The minimum absolute atomic E-state index is 0.309. The molecule has 0 fully saturated rings. The van der Waals surface area contributed by atoms with Crippen LogP contribution < -0.4 is 20.3 Å². The maximum Gasteiger partial charge on any atom is 0.247 e. The summed E-state index contributed by atoms with van der Waals surface area (Å²) in [5, 5.41) is 7.06. The first-order valence-corrected chi connectivity index (χ1v) is 11.4. The number of ether oxygens (including phenoxy) is 1. The second-order valence-electron chi connectivity index (χ2n) is 8.49. The molecule has 1 amide bonds. The molecule has 0 saturated heterocycles. The summed E-state index contributed by atoms with van der Waals surface area (Å²) in [5.74, 6) is 0.643. The van der Waals surface area contributed by atoms with Crippen LogP contribution in [0.25, 0.3) is 22.3 Å². The first-order valence-electron chi connectivity index (χ1n) is 11.4. The summed E-state index contributed by atoms with van der Waals surface area (Å²) in [6, 6.07) is 9.45. The molecule has 0 spiro atoms. The molecular formula is C26H30N8O2. The van der Waals surface area contributed by atoms with Gasteiger partial charge in [-0.3, -0.25) is 9.78 Å². The van der Waals surface area contributed by atoms with Crippen molar-refractivity contribution >= 4 is 40.0 Å². The van der Waals surface area contributed by atoms with Crippen molar-refractivity contribution in [2.75, 3.05) is 56.9 Å². The second kappa shape index (κ2) is 10.9. The van der Waals surface area contributed by atoms with Crippen LogP contribution in [0.2, 0.25) is 0 Å². The minimum Gasteiger partial charge on any atom is -0.494 e. The number of carbonyl (C=O) groups excluding carboxylic acids is 1. The highest BCUT2D eigenvalue weighted by Crippen LogP contribution is 2.38. The van der Waals surface area contributed by atoms with Crippen LogP contribution in [0.15, 0.2) is 61.6 Å². The number of aromatic amines is 1. The molecule has 0 aliphatic rings. The summed E-state index contributed by atoms with van der Waals surface area (Å²) in [6.45, 7) is 5.17. The van der Waals surface area contributed by atoms with E-state index in [0.717, 1.165) is 35.4 Å². The molecule has 1 aromatic carbocycles. The Morgan fingerprint density at radius 1 is 1.17 bits per heavy atom. The number of aromatic nitrogens is 4. The van der Waals surface area contributed by atoms with Crippen LogP contribution >= 0.6 is 0 Å². The number of likely N-dealkylation sites (N-methyl/N-ethyl adjacent to an activating group) is 2. The van der Waals surface area contributed by atoms with Crippen molar-refractivity contribution in [1.82, 2.24) is 24.8 Å². The van der Waals surface area contributed by atoms with Crippen LogP contribution in [0.4, 0.5) is 23.0 Å². The third-order valence-electron chi connectivity index (χ3n) is 5.65. The molecule has 10 nitrogen and oxygen atoms in total. The number of H-pyrrole nitrogens is 1. The van der Waals surface area contributed by atoms with Crippen LogP contribution in [0.3, 0.4) is 0 Å². The first-order chi connectivity index (χ1) is 17.4. The number of fused-ring (bicyclic) bond motifs is 1. The number of rotatable bonds is 10. The van der Waals surface area contributed by atoms with Crippen LogP contribution in [0.5, 0.6) is 5.75 Å². The Kier molecular flexibility index (Phi) is 7.45. The van der Waals surface area contributed by atoms with E-state index in [1.165, 1.54) is 6.08 Å². The van der Waals surface area contributed by atoms with Crippen LogP contribution in [-0.2, 0) is 4.79 Å².